The standard InChI is InChI=1S/C28H32FN5O/c1-20(2)33-16-15-32(28(33)35)14-13-31-11-9-22(10-12-31)26-19-34(24-6-4-23(29)5-7-24)27-17-21(18-30)3-8-25(26)27/h3-8,17,19-20,22H,9-16H2,1-2H3. The number of nitriles is 1. The zero-order chi connectivity index (χ0) is 24.5. The summed E-state index contributed by atoms with van der Waals surface area (Å²) >= 11 is 0. The van der Waals surface area contributed by atoms with Crippen LogP contribution in [0.4, 0.5) is 9.18 Å². The van der Waals surface area contributed by atoms with Crippen LogP contribution in [-0.4, -0.2) is 70.6 Å². The van der Waals surface area contributed by atoms with Crippen molar-refractivity contribution in [2.75, 3.05) is 39.3 Å². The quantitative estimate of drug-likeness (QED) is 0.508. The molecule has 0 radical (unpaired) electrons. The third kappa shape index (κ3) is 4.63. The lowest BCUT2D eigenvalue weighted by Gasteiger charge is -2.33. The summed E-state index contributed by atoms with van der Waals surface area (Å²) in [6.07, 6.45) is 4.27. The van der Waals surface area contributed by atoms with E-state index in [1.807, 2.05) is 21.9 Å². The number of rotatable bonds is 6. The van der Waals surface area contributed by atoms with Gasteiger partial charge in [0.05, 0.1) is 17.1 Å². The zero-order valence-electron chi connectivity index (χ0n) is 20.5. The number of hydrogen-bond acceptors (Lipinski definition) is 3. The largest absolute Gasteiger partial charge is 0.322 e. The van der Waals surface area contributed by atoms with Gasteiger partial charge in [0.1, 0.15) is 5.82 Å². The summed E-state index contributed by atoms with van der Waals surface area (Å²) in [6.45, 7) is 9.48. The summed E-state index contributed by atoms with van der Waals surface area (Å²) in [5, 5.41) is 10.6. The number of hydrogen-bond donors (Lipinski definition) is 0. The van der Waals surface area contributed by atoms with Crippen molar-refractivity contribution in [3.63, 3.8) is 0 Å². The second kappa shape index (κ2) is 9.71. The molecule has 2 aliphatic rings. The molecule has 0 spiro atoms. The van der Waals surface area contributed by atoms with Gasteiger partial charge in [-0.05, 0) is 87.7 Å². The topological polar surface area (TPSA) is 55.5 Å². The average molecular weight is 474 g/mol. The van der Waals surface area contributed by atoms with Crippen molar-refractivity contribution in [2.24, 2.45) is 0 Å². The van der Waals surface area contributed by atoms with Gasteiger partial charge in [-0.25, -0.2) is 9.18 Å². The molecule has 182 valence electrons. The van der Waals surface area contributed by atoms with Crippen molar-refractivity contribution in [3.8, 4) is 11.8 Å². The van der Waals surface area contributed by atoms with Crippen molar-refractivity contribution >= 4 is 16.9 Å². The lowest BCUT2D eigenvalue weighted by molar-refractivity contribution is 0.166. The molecular weight excluding hydrogens is 441 g/mol. The van der Waals surface area contributed by atoms with Gasteiger partial charge < -0.3 is 19.3 Å². The van der Waals surface area contributed by atoms with E-state index in [4.69, 9.17) is 0 Å². The maximum absolute atomic E-state index is 13.5. The zero-order valence-corrected chi connectivity index (χ0v) is 20.5. The van der Waals surface area contributed by atoms with Crippen LogP contribution in [-0.2, 0) is 0 Å². The molecule has 3 heterocycles. The number of fused-ring (bicyclic) bond motifs is 1. The predicted octanol–water partition coefficient (Wildman–Crippen LogP) is 4.97. The van der Waals surface area contributed by atoms with Crippen molar-refractivity contribution in [2.45, 2.75) is 38.6 Å². The van der Waals surface area contributed by atoms with Crippen LogP contribution in [0.1, 0.15) is 43.7 Å². The van der Waals surface area contributed by atoms with Crippen LogP contribution >= 0.6 is 0 Å². The Bertz CT molecular complexity index is 1250. The van der Waals surface area contributed by atoms with Crippen LogP contribution in [0.5, 0.6) is 0 Å². The van der Waals surface area contributed by atoms with Crippen LogP contribution < -0.4 is 0 Å². The van der Waals surface area contributed by atoms with Gasteiger partial charge in [-0.15, -0.1) is 0 Å². The number of likely N-dealkylation sites (tertiary alicyclic amines) is 1. The molecule has 5 rings (SSSR count). The molecule has 7 heteroatoms. The van der Waals surface area contributed by atoms with E-state index in [1.54, 1.807) is 12.1 Å². The summed E-state index contributed by atoms with van der Waals surface area (Å²) < 4.78 is 15.6. The molecule has 0 saturated carbocycles. The maximum Gasteiger partial charge on any atom is 0.320 e. The Morgan fingerprint density at radius 3 is 2.43 bits per heavy atom. The molecule has 2 aliphatic heterocycles. The molecule has 0 aliphatic carbocycles. The minimum atomic E-state index is -0.261. The van der Waals surface area contributed by atoms with E-state index in [0.717, 1.165) is 68.7 Å². The van der Waals surface area contributed by atoms with Crippen LogP contribution in [0.3, 0.4) is 0 Å². The van der Waals surface area contributed by atoms with Gasteiger partial charge in [0.25, 0.3) is 0 Å². The van der Waals surface area contributed by atoms with E-state index in [9.17, 15) is 14.4 Å². The Balaban J connectivity index is 1.29. The van der Waals surface area contributed by atoms with Crippen molar-refractivity contribution in [1.82, 2.24) is 19.3 Å². The normalized spacial score (nSPS) is 17.6. The number of carbonyl (C=O) groups is 1. The van der Waals surface area contributed by atoms with Crippen LogP contribution in [0.2, 0.25) is 0 Å². The smallest absolute Gasteiger partial charge is 0.320 e. The molecule has 35 heavy (non-hydrogen) atoms. The Hall–Kier alpha value is -3.37. The van der Waals surface area contributed by atoms with E-state index in [-0.39, 0.29) is 17.9 Å². The predicted molar refractivity (Wildman–Crippen MR) is 135 cm³/mol. The number of piperidine rings is 1. The molecule has 1 aromatic heterocycles. The molecule has 0 atom stereocenters. The number of benzene rings is 2. The molecule has 0 unspecified atom stereocenters. The van der Waals surface area contributed by atoms with E-state index < -0.39 is 0 Å². The van der Waals surface area contributed by atoms with Gasteiger partial charge in [0, 0.05) is 49.5 Å². The number of halogens is 1. The summed E-state index contributed by atoms with van der Waals surface area (Å²) in [4.78, 5) is 18.9. The number of amides is 2. The van der Waals surface area contributed by atoms with Crippen molar-refractivity contribution in [1.29, 1.82) is 5.26 Å². The minimum Gasteiger partial charge on any atom is -0.322 e. The van der Waals surface area contributed by atoms with Crippen LogP contribution in [0.25, 0.3) is 16.6 Å². The lowest BCUT2D eigenvalue weighted by Crippen LogP contribution is -2.41. The summed E-state index contributed by atoms with van der Waals surface area (Å²) in [7, 11) is 0. The van der Waals surface area contributed by atoms with Crippen molar-refractivity contribution in [3.05, 3.63) is 65.6 Å². The van der Waals surface area contributed by atoms with Crippen LogP contribution in [0, 0.1) is 17.1 Å². The SMILES string of the molecule is CC(C)N1CCN(CCN2CCC(c3cn(-c4ccc(F)cc4)c4cc(C#N)ccc34)CC2)C1=O. The number of aromatic nitrogens is 1. The summed E-state index contributed by atoms with van der Waals surface area (Å²) in [5.74, 6) is 0.163. The van der Waals surface area contributed by atoms with E-state index in [2.05, 4.69) is 41.6 Å². The molecular formula is C28H32FN5O. The lowest BCUT2D eigenvalue weighted by atomic mass is 9.89. The fourth-order valence-corrected chi connectivity index (χ4v) is 5.48. The number of urea groups is 1. The fourth-order valence-electron chi connectivity index (χ4n) is 5.48. The molecule has 2 amide bonds. The van der Waals surface area contributed by atoms with Crippen LogP contribution in [0.15, 0.2) is 48.7 Å². The van der Waals surface area contributed by atoms with Gasteiger partial charge in [-0.3, -0.25) is 0 Å². The average Bonchev–Trinajstić information content (AvgIpc) is 3.43. The van der Waals surface area contributed by atoms with E-state index in [0.29, 0.717) is 11.5 Å². The second-order valence-electron chi connectivity index (χ2n) is 9.95. The molecule has 2 aromatic carbocycles. The number of carbonyl (C=O) groups excluding carboxylic acids is 1. The Labute approximate surface area is 206 Å². The third-order valence-corrected chi connectivity index (χ3v) is 7.53. The highest BCUT2D eigenvalue weighted by Gasteiger charge is 2.31. The Morgan fingerprint density at radius 1 is 1.03 bits per heavy atom. The first-order valence-electron chi connectivity index (χ1n) is 12.5. The molecule has 2 saturated heterocycles. The molecule has 3 aromatic rings. The third-order valence-electron chi connectivity index (χ3n) is 7.53. The monoisotopic (exact) mass is 473 g/mol. The van der Waals surface area contributed by atoms with Gasteiger partial charge in [0.15, 0.2) is 0 Å². The fraction of sp³-hybridized carbons (Fsp3) is 0.429. The summed E-state index contributed by atoms with van der Waals surface area (Å²) in [6, 6.07) is 15.0. The summed E-state index contributed by atoms with van der Waals surface area (Å²) in [5.41, 5.74) is 3.78. The van der Waals surface area contributed by atoms with Crippen molar-refractivity contribution < 1.29 is 9.18 Å². The van der Waals surface area contributed by atoms with Gasteiger partial charge in [-0.1, -0.05) is 6.07 Å². The Morgan fingerprint density at radius 2 is 1.77 bits per heavy atom. The first-order valence-corrected chi connectivity index (χ1v) is 12.5. The number of nitrogens with zero attached hydrogens (tertiary/aromatic N) is 5. The first kappa shape index (κ1) is 23.4. The highest BCUT2D eigenvalue weighted by atomic mass is 19.1. The maximum atomic E-state index is 13.5. The first-order chi connectivity index (χ1) is 16.9. The Kier molecular flexibility index (Phi) is 6.48. The highest BCUT2D eigenvalue weighted by molar-refractivity contribution is 5.87. The molecule has 0 bridgehead atoms. The van der Waals surface area contributed by atoms with Gasteiger partial charge in [0.2, 0.25) is 0 Å². The second-order valence-corrected chi connectivity index (χ2v) is 9.95. The molecule has 0 N–H and O–H groups in total. The highest BCUT2D eigenvalue weighted by Crippen LogP contribution is 2.36. The molecule has 2 fully saturated rings. The van der Waals surface area contributed by atoms with Gasteiger partial charge in [-0.2, -0.15) is 5.26 Å². The van der Waals surface area contributed by atoms with E-state index in [1.165, 1.54) is 17.7 Å². The van der Waals surface area contributed by atoms with Gasteiger partial charge >= 0.3 is 6.03 Å². The van der Waals surface area contributed by atoms with E-state index >= 15 is 0 Å². The molecule has 6 nitrogen and oxygen atoms in total. The minimum absolute atomic E-state index is 0.167.